The first-order chi connectivity index (χ1) is 19.4. The lowest BCUT2D eigenvalue weighted by atomic mass is 10.0. The maximum atomic E-state index is 13.7. The Morgan fingerprint density at radius 3 is 2.65 bits per heavy atom. The van der Waals surface area contributed by atoms with E-state index in [9.17, 15) is 14.4 Å². The molecule has 4 aromatic rings. The van der Waals surface area contributed by atoms with Gasteiger partial charge in [0.25, 0.3) is 0 Å². The average molecular weight is 598 g/mol. The summed E-state index contributed by atoms with van der Waals surface area (Å²) in [5.41, 5.74) is 2.32. The molecule has 0 bridgehead atoms. The summed E-state index contributed by atoms with van der Waals surface area (Å²) in [4.78, 5) is 47.4. The van der Waals surface area contributed by atoms with Crippen molar-refractivity contribution in [3.63, 3.8) is 0 Å². The van der Waals surface area contributed by atoms with E-state index in [1.165, 1.54) is 4.90 Å². The monoisotopic (exact) mass is 596 g/mol. The van der Waals surface area contributed by atoms with Crippen LogP contribution in [-0.4, -0.2) is 63.7 Å². The van der Waals surface area contributed by atoms with E-state index in [1.54, 1.807) is 28.4 Å². The van der Waals surface area contributed by atoms with E-state index in [1.807, 2.05) is 60.1 Å². The molecule has 2 N–H and O–H groups in total. The van der Waals surface area contributed by atoms with Crippen molar-refractivity contribution in [2.75, 3.05) is 19.6 Å². The second-order valence-electron chi connectivity index (χ2n) is 9.83. The number of H-pyrrole nitrogens is 1. The highest BCUT2D eigenvalue weighted by atomic mass is 35.5. The molecule has 0 aliphatic carbocycles. The summed E-state index contributed by atoms with van der Waals surface area (Å²) in [6, 6.07) is 18.3. The third-order valence-electron chi connectivity index (χ3n) is 7.18. The number of piperazine rings is 1. The van der Waals surface area contributed by atoms with Crippen LogP contribution < -0.4 is 5.32 Å². The van der Waals surface area contributed by atoms with Crippen LogP contribution in [0.2, 0.25) is 5.02 Å². The molecule has 7 nitrogen and oxygen atoms in total. The molecule has 1 aliphatic rings. The van der Waals surface area contributed by atoms with Crippen LogP contribution >= 0.6 is 34.5 Å². The van der Waals surface area contributed by atoms with Gasteiger partial charge in [-0.25, -0.2) is 0 Å². The minimum Gasteiger partial charge on any atom is -0.361 e. The zero-order valence-corrected chi connectivity index (χ0v) is 24.1. The van der Waals surface area contributed by atoms with Gasteiger partial charge in [0.15, 0.2) is 0 Å². The fourth-order valence-corrected chi connectivity index (χ4v) is 6.23. The van der Waals surface area contributed by atoms with E-state index >= 15 is 0 Å². The molecule has 2 aromatic carbocycles. The average Bonchev–Trinajstić information content (AvgIpc) is 3.62. The first-order valence-electron chi connectivity index (χ1n) is 13.2. The van der Waals surface area contributed by atoms with Crippen molar-refractivity contribution in [2.45, 2.75) is 37.2 Å². The van der Waals surface area contributed by atoms with Crippen LogP contribution in [0.5, 0.6) is 0 Å². The Morgan fingerprint density at radius 1 is 1.07 bits per heavy atom. The largest absolute Gasteiger partial charge is 0.361 e. The highest BCUT2D eigenvalue weighted by Crippen LogP contribution is 2.24. The number of amides is 3. The summed E-state index contributed by atoms with van der Waals surface area (Å²) in [6.07, 6.45) is 3.45. The minimum absolute atomic E-state index is 0.121. The van der Waals surface area contributed by atoms with Gasteiger partial charge in [0.2, 0.25) is 17.7 Å². The number of aromatic amines is 1. The molecule has 1 aliphatic heterocycles. The van der Waals surface area contributed by atoms with Gasteiger partial charge < -0.3 is 20.1 Å². The number of hydrogen-bond donors (Lipinski definition) is 2. The topological polar surface area (TPSA) is 85.5 Å². The van der Waals surface area contributed by atoms with Gasteiger partial charge >= 0.3 is 0 Å². The first-order valence-corrected chi connectivity index (χ1v) is 14.9. The molecule has 40 heavy (non-hydrogen) atoms. The zero-order chi connectivity index (χ0) is 28.1. The van der Waals surface area contributed by atoms with Crippen LogP contribution in [0.4, 0.5) is 0 Å². The number of hydrogen-bond acceptors (Lipinski definition) is 4. The lowest BCUT2D eigenvalue weighted by Crippen LogP contribution is -2.62. The first kappa shape index (κ1) is 28.2. The number of carbonyl (C=O) groups is 3. The third-order valence-corrected chi connectivity index (χ3v) is 8.75. The quantitative estimate of drug-likeness (QED) is 0.188. The number of aromatic nitrogens is 1. The van der Waals surface area contributed by atoms with Gasteiger partial charge in [0.1, 0.15) is 18.1 Å². The van der Waals surface area contributed by atoms with Crippen molar-refractivity contribution in [1.82, 2.24) is 20.1 Å². The van der Waals surface area contributed by atoms with Gasteiger partial charge in [-0.1, -0.05) is 59.6 Å². The molecule has 5 rings (SSSR count). The molecule has 3 heterocycles. The summed E-state index contributed by atoms with van der Waals surface area (Å²) in [5, 5.41) is 6.65. The molecular formula is C30H30Cl2N4O3S. The summed E-state index contributed by atoms with van der Waals surface area (Å²) < 4.78 is 0. The number of thiophene rings is 1. The molecule has 2 aromatic heterocycles. The molecule has 1 saturated heterocycles. The van der Waals surface area contributed by atoms with Gasteiger partial charge in [-0.3, -0.25) is 14.4 Å². The summed E-state index contributed by atoms with van der Waals surface area (Å²) in [7, 11) is 0. The SMILES string of the molecule is O=C(CC1C(=O)N(C(Cl)Cc2ccc(Cl)cc2)CC(=O)N1CCc1cccs1)NCCc1c[nH]c2ccccc12. The van der Waals surface area contributed by atoms with Crippen molar-refractivity contribution >= 4 is 63.2 Å². The predicted molar refractivity (Wildman–Crippen MR) is 160 cm³/mol. The zero-order valence-electron chi connectivity index (χ0n) is 21.8. The summed E-state index contributed by atoms with van der Waals surface area (Å²) in [5.74, 6) is -0.807. The van der Waals surface area contributed by atoms with Crippen molar-refractivity contribution in [1.29, 1.82) is 0 Å². The number of nitrogens with one attached hydrogen (secondary N) is 2. The second kappa shape index (κ2) is 12.9. The molecule has 0 radical (unpaired) electrons. The Balaban J connectivity index is 1.26. The number of halogens is 2. The molecule has 2 atom stereocenters. The van der Waals surface area contributed by atoms with Gasteiger partial charge in [0.05, 0.1) is 6.42 Å². The van der Waals surface area contributed by atoms with E-state index in [0.29, 0.717) is 37.4 Å². The summed E-state index contributed by atoms with van der Waals surface area (Å²) >= 11 is 14.3. The van der Waals surface area contributed by atoms with E-state index in [4.69, 9.17) is 23.2 Å². The Kier molecular flexibility index (Phi) is 9.09. The highest BCUT2D eigenvalue weighted by molar-refractivity contribution is 7.09. The normalized spacial score (nSPS) is 16.5. The third kappa shape index (κ3) is 6.69. The van der Waals surface area contributed by atoms with Crippen LogP contribution in [0.3, 0.4) is 0 Å². The molecule has 10 heteroatoms. The van der Waals surface area contributed by atoms with Crippen molar-refractivity contribution in [2.24, 2.45) is 0 Å². The number of nitrogens with zero attached hydrogens (tertiary/aromatic N) is 2. The van der Waals surface area contributed by atoms with Crippen LogP contribution in [0.1, 0.15) is 22.4 Å². The van der Waals surface area contributed by atoms with Gasteiger partial charge in [-0.2, -0.15) is 0 Å². The fourth-order valence-electron chi connectivity index (χ4n) is 5.06. The van der Waals surface area contributed by atoms with E-state index < -0.39 is 11.5 Å². The Morgan fingerprint density at radius 2 is 1.88 bits per heavy atom. The van der Waals surface area contributed by atoms with Crippen LogP contribution in [-0.2, 0) is 33.6 Å². The predicted octanol–water partition coefficient (Wildman–Crippen LogP) is 5.02. The number of rotatable bonds is 11. The smallest absolute Gasteiger partial charge is 0.247 e. The van der Waals surface area contributed by atoms with Crippen LogP contribution in [0, 0.1) is 0 Å². The van der Waals surface area contributed by atoms with Gasteiger partial charge in [-0.05, 0) is 53.6 Å². The molecular weight excluding hydrogens is 567 g/mol. The van der Waals surface area contributed by atoms with Gasteiger partial charge in [0, 0.05) is 46.5 Å². The van der Waals surface area contributed by atoms with E-state index in [0.717, 1.165) is 26.9 Å². The molecule has 0 saturated carbocycles. The Labute approximate surface area is 247 Å². The number of alkyl halides is 1. The van der Waals surface area contributed by atoms with Gasteiger partial charge in [-0.15, -0.1) is 11.3 Å². The number of carbonyl (C=O) groups excluding carboxylic acids is 3. The maximum absolute atomic E-state index is 13.7. The lowest BCUT2D eigenvalue weighted by Gasteiger charge is -2.41. The second-order valence-corrected chi connectivity index (χ2v) is 11.8. The maximum Gasteiger partial charge on any atom is 0.247 e. The van der Waals surface area contributed by atoms with Crippen molar-refractivity contribution < 1.29 is 14.4 Å². The number of para-hydroxylation sites is 1. The number of fused-ring (bicyclic) bond motifs is 1. The fraction of sp³-hybridized carbons (Fsp3) is 0.300. The van der Waals surface area contributed by atoms with Crippen LogP contribution in [0.25, 0.3) is 10.9 Å². The Hall–Kier alpha value is -3.33. The minimum atomic E-state index is -0.916. The Bertz CT molecular complexity index is 1470. The highest BCUT2D eigenvalue weighted by Gasteiger charge is 2.42. The molecule has 1 fully saturated rings. The molecule has 0 spiro atoms. The molecule has 208 valence electrons. The van der Waals surface area contributed by atoms with Crippen LogP contribution in [0.15, 0.2) is 72.2 Å². The summed E-state index contributed by atoms with van der Waals surface area (Å²) in [6.45, 7) is 0.656. The van der Waals surface area contributed by atoms with Crippen molar-refractivity contribution in [3.8, 4) is 0 Å². The van der Waals surface area contributed by atoms with E-state index in [-0.39, 0.29) is 30.7 Å². The standard InChI is InChI=1S/C30H30Cl2N4O3S/c31-22-9-7-20(8-10-22)16-27(32)36-19-29(38)35(14-12-23-4-3-15-40-23)26(30(36)39)17-28(37)33-13-11-21-18-34-25-6-2-1-5-24(21)25/h1-10,15,18,26-27,34H,11-14,16-17,19H2,(H,33,37). The van der Waals surface area contributed by atoms with E-state index in [2.05, 4.69) is 10.3 Å². The lowest BCUT2D eigenvalue weighted by molar-refractivity contribution is -0.157. The van der Waals surface area contributed by atoms with Crippen molar-refractivity contribution in [3.05, 3.63) is 93.3 Å². The molecule has 3 amide bonds. The number of benzene rings is 2. The molecule has 2 unspecified atom stereocenters.